The van der Waals surface area contributed by atoms with Gasteiger partial charge in [0.1, 0.15) is 0 Å². The van der Waals surface area contributed by atoms with Gasteiger partial charge in [-0.1, -0.05) is 49.8 Å². The summed E-state index contributed by atoms with van der Waals surface area (Å²) < 4.78 is 0. The van der Waals surface area contributed by atoms with Gasteiger partial charge in [-0.3, -0.25) is 15.1 Å². The normalized spacial score (nSPS) is 16.8. The molecule has 0 spiro atoms. The van der Waals surface area contributed by atoms with E-state index in [1.807, 2.05) is 6.08 Å². The summed E-state index contributed by atoms with van der Waals surface area (Å²) in [5.41, 5.74) is 5.24. The van der Waals surface area contributed by atoms with Crippen molar-refractivity contribution in [1.82, 2.24) is 15.1 Å². The van der Waals surface area contributed by atoms with E-state index in [0.29, 0.717) is 18.9 Å². The fraction of sp³-hybridized carbons (Fsp3) is 0.615. The van der Waals surface area contributed by atoms with Gasteiger partial charge >= 0.3 is 0 Å². The summed E-state index contributed by atoms with van der Waals surface area (Å²) in [5, 5.41) is 3.09. The van der Waals surface area contributed by atoms with E-state index in [2.05, 4.69) is 82.4 Å². The van der Waals surface area contributed by atoms with Gasteiger partial charge in [0.2, 0.25) is 11.9 Å². The third kappa shape index (κ3) is 10.6. The van der Waals surface area contributed by atoms with Crippen molar-refractivity contribution in [2.24, 2.45) is 10.9 Å². The van der Waals surface area contributed by atoms with Crippen LogP contribution >= 0.6 is 0 Å². The molecule has 1 aliphatic heterocycles. The van der Waals surface area contributed by atoms with E-state index in [4.69, 9.17) is 4.99 Å². The summed E-state index contributed by atoms with van der Waals surface area (Å²) in [7, 11) is 2.13. The minimum Gasteiger partial charge on any atom is -0.340 e. The molecule has 0 saturated carbocycles. The number of carbonyl (C=O) groups is 1. The summed E-state index contributed by atoms with van der Waals surface area (Å²) in [6.07, 6.45) is 8.48. The molecule has 1 amide bonds. The van der Waals surface area contributed by atoms with E-state index in [9.17, 15) is 4.79 Å². The minimum absolute atomic E-state index is 0.0471. The Hall–Kier alpha value is -2.14. The number of nitrogens with zero attached hydrogens (tertiary/aromatic N) is 3. The number of nitrogens with one attached hydrogen (secondary N) is 1. The lowest BCUT2D eigenvalue weighted by molar-refractivity contribution is -0.120. The van der Waals surface area contributed by atoms with Gasteiger partial charge < -0.3 is 9.80 Å². The summed E-state index contributed by atoms with van der Waals surface area (Å²) in [4.78, 5) is 21.8. The van der Waals surface area contributed by atoms with Crippen molar-refractivity contribution in [2.45, 2.75) is 60.8 Å². The number of guanidine groups is 1. The highest BCUT2D eigenvalue weighted by Crippen LogP contribution is 2.22. The van der Waals surface area contributed by atoms with Gasteiger partial charge in [0.25, 0.3) is 0 Å². The number of likely N-dealkylation sites (N-methyl/N-ethyl adjacent to an activating group) is 1. The van der Waals surface area contributed by atoms with Crippen LogP contribution in [0.2, 0.25) is 0 Å². The molecule has 31 heavy (non-hydrogen) atoms. The SMILES string of the molecule is C=C/C=C(C)/C(CCN=C(NC(=O)CC(C)C)N1CCN(C)CC1)=C(\C)CC=C(C)C. The second-order valence-corrected chi connectivity index (χ2v) is 9.22. The highest BCUT2D eigenvalue weighted by Gasteiger charge is 2.19. The highest BCUT2D eigenvalue weighted by molar-refractivity contribution is 5.97. The van der Waals surface area contributed by atoms with E-state index in [0.717, 1.165) is 45.0 Å². The second-order valence-electron chi connectivity index (χ2n) is 9.22. The standard InChI is InChI=1S/C26H44N4O/c1-9-10-22(6)24(23(7)12-11-20(2)3)13-14-27-26(28-25(31)19-21(4)5)30-17-15-29(8)16-18-30/h9-11,21H,1,12-19H2,2-8H3,(H,27,28,31)/b22-10+,24-23+. The molecule has 0 bridgehead atoms. The van der Waals surface area contributed by atoms with Gasteiger partial charge in [-0.2, -0.15) is 0 Å². The highest BCUT2D eigenvalue weighted by atomic mass is 16.1. The molecule has 5 nitrogen and oxygen atoms in total. The molecule has 1 rings (SSSR count). The summed E-state index contributed by atoms with van der Waals surface area (Å²) in [5.74, 6) is 1.10. The van der Waals surface area contributed by atoms with E-state index < -0.39 is 0 Å². The van der Waals surface area contributed by atoms with Gasteiger partial charge in [-0.25, -0.2) is 0 Å². The number of rotatable bonds is 9. The smallest absolute Gasteiger partial charge is 0.226 e. The fourth-order valence-electron chi connectivity index (χ4n) is 3.56. The maximum Gasteiger partial charge on any atom is 0.226 e. The molecule has 0 aromatic carbocycles. The van der Waals surface area contributed by atoms with Crippen LogP contribution in [0.5, 0.6) is 0 Å². The van der Waals surface area contributed by atoms with Gasteiger partial charge in [0.05, 0.1) is 0 Å². The van der Waals surface area contributed by atoms with Crippen molar-refractivity contribution in [1.29, 1.82) is 0 Å². The topological polar surface area (TPSA) is 47.9 Å². The van der Waals surface area contributed by atoms with Crippen LogP contribution in [0.3, 0.4) is 0 Å². The molecule has 1 N–H and O–H groups in total. The molecule has 0 aromatic rings. The molecule has 0 atom stereocenters. The lowest BCUT2D eigenvalue weighted by Crippen LogP contribution is -2.52. The molecule has 1 heterocycles. The minimum atomic E-state index is 0.0471. The zero-order valence-corrected chi connectivity index (χ0v) is 20.9. The van der Waals surface area contributed by atoms with E-state index >= 15 is 0 Å². The molecular formula is C26H44N4O. The van der Waals surface area contributed by atoms with Crippen molar-refractivity contribution >= 4 is 11.9 Å². The summed E-state index contributed by atoms with van der Waals surface area (Å²) in [6.45, 7) is 20.9. The number of carbonyl (C=O) groups excluding carboxylic acids is 1. The number of piperazine rings is 1. The van der Waals surface area contributed by atoms with Crippen molar-refractivity contribution in [3.8, 4) is 0 Å². The van der Waals surface area contributed by atoms with Crippen molar-refractivity contribution in [3.63, 3.8) is 0 Å². The second kappa shape index (κ2) is 14.0. The molecule has 5 heteroatoms. The van der Waals surface area contributed by atoms with Crippen molar-refractivity contribution < 1.29 is 4.79 Å². The average Bonchev–Trinajstić information content (AvgIpc) is 2.68. The van der Waals surface area contributed by atoms with Gasteiger partial charge in [0, 0.05) is 39.1 Å². The van der Waals surface area contributed by atoms with Crippen LogP contribution in [0.1, 0.15) is 60.8 Å². The zero-order chi connectivity index (χ0) is 23.4. The first-order valence-electron chi connectivity index (χ1n) is 11.5. The maximum atomic E-state index is 12.5. The van der Waals surface area contributed by atoms with Crippen molar-refractivity contribution in [3.05, 3.63) is 47.1 Å². The Bertz CT molecular complexity index is 716. The third-order valence-electron chi connectivity index (χ3n) is 5.45. The molecule has 1 saturated heterocycles. The monoisotopic (exact) mass is 428 g/mol. The Morgan fingerprint density at radius 1 is 1.13 bits per heavy atom. The molecular weight excluding hydrogens is 384 g/mol. The summed E-state index contributed by atoms with van der Waals surface area (Å²) in [6, 6.07) is 0. The first-order chi connectivity index (χ1) is 14.6. The van der Waals surface area contributed by atoms with Crippen molar-refractivity contribution in [2.75, 3.05) is 39.8 Å². The molecule has 0 aliphatic carbocycles. The number of allylic oxidation sites excluding steroid dienone is 6. The third-order valence-corrected chi connectivity index (χ3v) is 5.45. The van der Waals surface area contributed by atoms with E-state index in [-0.39, 0.29) is 5.91 Å². The van der Waals surface area contributed by atoms with Gasteiger partial charge in [-0.05, 0) is 64.6 Å². The van der Waals surface area contributed by atoms with Gasteiger partial charge in [0.15, 0.2) is 0 Å². The fourth-order valence-corrected chi connectivity index (χ4v) is 3.56. The average molecular weight is 429 g/mol. The molecule has 1 aliphatic rings. The Kier molecular flexibility index (Phi) is 12.2. The van der Waals surface area contributed by atoms with Crippen LogP contribution in [0.15, 0.2) is 52.1 Å². The molecule has 1 fully saturated rings. The molecule has 174 valence electrons. The molecule has 0 radical (unpaired) electrons. The van der Waals surface area contributed by atoms with Crippen LogP contribution in [0.4, 0.5) is 0 Å². The lowest BCUT2D eigenvalue weighted by Gasteiger charge is -2.34. The predicted molar refractivity (Wildman–Crippen MR) is 134 cm³/mol. The number of aliphatic imine (C=N–C) groups is 1. The first kappa shape index (κ1) is 26.9. The van der Waals surface area contributed by atoms with Crippen LogP contribution < -0.4 is 5.32 Å². The molecule has 0 aromatic heterocycles. The van der Waals surface area contributed by atoms with Crippen LogP contribution in [-0.4, -0.2) is 61.4 Å². The van der Waals surface area contributed by atoms with Crippen LogP contribution in [0.25, 0.3) is 0 Å². The Balaban J connectivity index is 3.02. The predicted octanol–water partition coefficient (Wildman–Crippen LogP) is 4.95. The Morgan fingerprint density at radius 3 is 2.32 bits per heavy atom. The summed E-state index contributed by atoms with van der Waals surface area (Å²) >= 11 is 0. The zero-order valence-electron chi connectivity index (χ0n) is 20.9. The number of amides is 1. The lowest BCUT2D eigenvalue weighted by atomic mass is 9.96. The van der Waals surface area contributed by atoms with Gasteiger partial charge in [-0.15, -0.1) is 0 Å². The molecule has 0 unspecified atom stereocenters. The maximum absolute atomic E-state index is 12.5. The van der Waals surface area contributed by atoms with E-state index in [1.165, 1.54) is 22.3 Å². The number of hydrogen-bond donors (Lipinski definition) is 1. The van der Waals surface area contributed by atoms with E-state index in [1.54, 1.807) is 0 Å². The van der Waals surface area contributed by atoms with Crippen LogP contribution in [-0.2, 0) is 4.79 Å². The first-order valence-corrected chi connectivity index (χ1v) is 11.5. The quantitative estimate of drug-likeness (QED) is 0.245. The largest absolute Gasteiger partial charge is 0.340 e. The Morgan fingerprint density at radius 2 is 1.77 bits per heavy atom. The Labute approximate surface area is 190 Å². The number of hydrogen-bond acceptors (Lipinski definition) is 3. The van der Waals surface area contributed by atoms with Crippen LogP contribution in [0, 0.1) is 5.92 Å².